The van der Waals surface area contributed by atoms with E-state index in [2.05, 4.69) is 11.1 Å². The molecule has 0 N–H and O–H groups in total. The number of carbonyl (C=O) groups excluding carboxylic acids is 1. The third-order valence-electron chi connectivity index (χ3n) is 3.80. The second kappa shape index (κ2) is 7.97. The Morgan fingerprint density at radius 2 is 1.93 bits per heavy atom. The van der Waals surface area contributed by atoms with Gasteiger partial charge in [0.05, 0.1) is 17.3 Å². The summed E-state index contributed by atoms with van der Waals surface area (Å²) in [6.07, 6.45) is 2.61. The Labute approximate surface area is 164 Å². The van der Waals surface area contributed by atoms with E-state index in [9.17, 15) is 4.79 Å². The predicted molar refractivity (Wildman–Crippen MR) is 105 cm³/mol. The summed E-state index contributed by atoms with van der Waals surface area (Å²) in [7, 11) is 0. The monoisotopic (exact) mass is 375 g/mol. The van der Waals surface area contributed by atoms with Crippen molar-refractivity contribution >= 4 is 6.09 Å². The van der Waals surface area contributed by atoms with Gasteiger partial charge in [-0.1, -0.05) is 12.1 Å². The van der Waals surface area contributed by atoms with Crippen molar-refractivity contribution in [2.45, 2.75) is 33.0 Å². The molecule has 0 unspecified atom stereocenters. The van der Waals surface area contributed by atoms with Gasteiger partial charge in [-0.2, -0.15) is 5.26 Å². The van der Waals surface area contributed by atoms with E-state index in [4.69, 9.17) is 14.7 Å². The van der Waals surface area contributed by atoms with Crippen LogP contribution in [0.3, 0.4) is 0 Å². The van der Waals surface area contributed by atoms with Crippen LogP contribution in [0.25, 0.3) is 11.3 Å². The zero-order chi connectivity index (χ0) is 20.1. The van der Waals surface area contributed by atoms with Gasteiger partial charge in [0, 0.05) is 11.8 Å². The van der Waals surface area contributed by atoms with E-state index in [1.807, 2.05) is 57.2 Å². The van der Waals surface area contributed by atoms with Crippen LogP contribution in [0.15, 0.2) is 61.1 Å². The number of nitrogens with zero attached hydrogens (tertiary/aromatic N) is 3. The standard InChI is InChI=1S/C22H21N3O3/c1-22(2,3)28-21(26)25-13-20(24-15-25)18-7-9-19(10-8-18)27-14-17-6-4-5-16(11-17)12-23/h4-11,13,15H,14H2,1-3H3. The fourth-order valence-electron chi connectivity index (χ4n) is 2.51. The number of hydrogen-bond donors (Lipinski definition) is 0. The Morgan fingerprint density at radius 3 is 2.61 bits per heavy atom. The van der Waals surface area contributed by atoms with Crippen molar-refractivity contribution in [3.05, 3.63) is 72.2 Å². The van der Waals surface area contributed by atoms with Crippen LogP contribution >= 0.6 is 0 Å². The summed E-state index contributed by atoms with van der Waals surface area (Å²) in [6, 6.07) is 16.9. The number of imidazole rings is 1. The highest BCUT2D eigenvalue weighted by molar-refractivity contribution is 5.73. The third-order valence-corrected chi connectivity index (χ3v) is 3.80. The van der Waals surface area contributed by atoms with Gasteiger partial charge in [0.25, 0.3) is 0 Å². The van der Waals surface area contributed by atoms with Crippen molar-refractivity contribution < 1.29 is 14.3 Å². The number of aromatic nitrogens is 2. The number of hydrogen-bond acceptors (Lipinski definition) is 5. The first-order valence-corrected chi connectivity index (χ1v) is 8.84. The second-order valence-electron chi connectivity index (χ2n) is 7.27. The molecule has 3 rings (SSSR count). The summed E-state index contributed by atoms with van der Waals surface area (Å²) in [5, 5.41) is 8.95. The van der Waals surface area contributed by atoms with Gasteiger partial charge in [-0.25, -0.2) is 14.3 Å². The summed E-state index contributed by atoms with van der Waals surface area (Å²) in [5.41, 5.74) is 2.50. The third kappa shape index (κ3) is 4.98. The Bertz CT molecular complexity index is 1010. The first kappa shape index (κ1) is 19.2. The number of rotatable bonds is 4. The van der Waals surface area contributed by atoms with Crippen LogP contribution in [0.1, 0.15) is 31.9 Å². The zero-order valence-electron chi connectivity index (χ0n) is 16.0. The molecule has 0 spiro atoms. The van der Waals surface area contributed by atoms with Crippen LogP contribution in [0.2, 0.25) is 0 Å². The molecule has 0 saturated heterocycles. The van der Waals surface area contributed by atoms with Crippen molar-refractivity contribution in [2.24, 2.45) is 0 Å². The van der Waals surface area contributed by atoms with E-state index < -0.39 is 11.7 Å². The molecule has 0 radical (unpaired) electrons. The number of benzene rings is 2. The van der Waals surface area contributed by atoms with E-state index in [1.165, 1.54) is 10.9 Å². The van der Waals surface area contributed by atoms with Crippen LogP contribution in [0.5, 0.6) is 5.75 Å². The first-order valence-electron chi connectivity index (χ1n) is 8.84. The molecule has 0 aliphatic heterocycles. The van der Waals surface area contributed by atoms with E-state index in [-0.39, 0.29) is 0 Å². The van der Waals surface area contributed by atoms with Gasteiger partial charge in [0.15, 0.2) is 0 Å². The molecule has 0 fully saturated rings. The Morgan fingerprint density at radius 1 is 1.18 bits per heavy atom. The predicted octanol–water partition coefficient (Wildman–Crippen LogP) is 4.78. The average molecular weight is 375 g/mol. The first-order chi connectivity index (χ1) is 13.3. The number of ether oxygens (including phenoxy) is 2. The van der Waals surface area contributed by atoms with Crippen LogP contribution in [-0.2, 0) is 11.3 Å². The minimum Gasteiger partial charge on any atom is -0.489 e. The highest BCUT2D eigenvalue weighted by Crippen LogP contribution is 2.22. The van der Waals surface area contributed by atoms with Crippen LogP contribution in [0, 0.1) is 11.3 Å². The van der Waals surface area contributed by atoms with Crippen molar-refractivity contribution in [3.8, 4) is 23.1 Å². The Kier molecular flexibility index (Phi) is 5.46. The highest BCUT2D eigenvalue weighted by atomic mass is 16.6. The number of nitriles is 1. The summed E-state index contributed by atoms with van der Waals surface area (Å²) in [4.78, 5) is 16.4. The van der Waals surface area contributed by atoms with Crippen molar-refractivity contribution in [2.75, 3.05) is 0 Å². The van der Waals surface area contributed by atoms with E-state index in [0.717, 1.165) is 11.1 Å². The maximum absolute atomic E-state index is 12.1. The summed E-state index contributed by atoms with van der Waals surface area (Å²) >= 11 is 0. The molecule has 2 aromatic carbocycles. The number of carbonyl (C=O) groups is 1. The Hall–Kier alpha value is -3.59. The maximum atomic E-state index is 12.1. The van der Waals surface area contributed by atoms with E-state index in [1.54, 1.807) is 18.3 Å². The molecule has 0 bridgehead atoms. The lowest BCUT2D eigenvalue weighted by Crippen LogP contribution is -2.26. The van der Waals surface area contributed by atoms with Crippen LogP contribution in [-0.4, -0.2) is 21.2 Å². The molecule has 1 heterocycles. The fourth-order valence-corrected chi connectivity index (χ4v) is 2.51. The quantitative estimate of drug-likeness (QED) is 0.655. The second-order valence-corrected chi connectivity index (χ2v) is 7.27. The lowest BCUT2D eigenvalue weighted by Gasteiger charge is -2.19. The Balaban J connectivity index is 1.64. The van der Waals surface area contributed by atoms with Crippen molar-refractivity contribution in [3.63, 3.8) is 0 Å². The molecule has 6 nitrogen and oxygen atoms in total. The van der Waals surface area contributed by atoms with Crippen LogP contribution in [0.4, 0.5) is 4.79 Å². The molecule has 3 aromatic rings. The smallest absolute Gasteiger partial charge is 0.419 e. The van der Waals surface area contributed by atoms with E-state index in [0.29, 0.717) is 23.6 Å². The van der Waals surface area contributed by atoms with Gasteiger partial charge < -0.3 is 9.47 Å². The minimum atomic E-state index is -0.562. The van der Waals surface area contributed by atoms with Gasteiger partial charge in [0.2, 0.25) is 0 Å². The normalized spacial score (nSPS) is 10.9. The highest BCUT2D eigenvalue weighted by Gasteiger charge is 2.18. The summed E-state index contributed by atoms with van der Waals surface area (Å²) in [6.45, 7) is 5.83. The molecular formula is C22H21N3O3. The molecule has 0 aliphatic rings. The van der Waals surface area contributed by atoms with Crippen molar-refractivity contribution in [1.29, 1.82) is 5.26 Å². The molecule has 1 aromatic heterocycles. The minimum absolute atomic E-state index is 0.377. The molecule has 142 valence electrons. The van der Waals surface area contributed by atoms with Gasteiger partial charge in [0.1, 0.15) is 24.3 Å². The van der Waals surface area contributed by atoms with Gasteiger partial charge in [-0.3, -0.25) is 0 Å². The molecule has 6 heteroatoms. The summed E-state index contributed by atoms with van der Waals surface area (Å²) < 4.78 is 12.4. The molecule has 28 heavy (non-hydrogen) atoms. The lowest BCUT2D eigenvalue weighted by molar-refractivity contribution is 0.0536. The molecule has 0 saturated carbocycles. The SMILES string of the molecule is CC(C)(C)OC(=O)n1cnc(-c2ccc(OCc3cccc(C#N)c3)cc2)c1. The molecule has 0 atom stereocenters. The lowest BCUT2D eigenvalue weighted by atomic mass is 10.1. The molecular weight excluding hydrogens is 354 g/mol. The topological polar surface area (TPSA) is 77.1 Å². The van der Waals surface area contributed by atoms with Crippen molar-refractivity contribution in [1.82, 2.24) is 9.55 Å². The summed E-state index contributed by atoms with van der Waals surface area (Å²) in [5.74, 6) is 0.706. The van der Waals surface area contributed by atoms with Gasteiger partial charge >= 0.3 is 6.09 Å². The van der Waals surface area contributed by atoms with Gasteiger partial charge in [-0.05, 0) is 62.7 Å². The average Bonchev–Trinajstić information content (AvgIpc) is 3.16. The van der Waals surface area contributed by atoms with Gasteiger partial charge in [-0.15, -0.1) is 0 Å². The fraction of sp³-hybridized carbons (Fsp3) is 0.227. The largest absolute Gasteiger partial charge is 0.489 e. The van der Waals surface area contributed by atoms with Crippen LogP contribution < -0.4 is 4.74 Å². The maximum Gasteiger partial charge on any atom is 0.419 e. The van der Waals surface area contributed by atoms with E-state index >= 15 is 0 Å². The molecule has 0 aliphatic carbocycles. The molecule has 0 amide bonds. The zero-order valence-corrected chi connectivity index (χ0v) is 16.0.